The number of nitrogens with zero attached hydrogens (tertiary/aromatic N) is 1. The van der Waals surface area contributed by atoms with Crippen LogP contribution in [0.1, 0.15) is 22.7 Å². The van der Waals surface area contributed by atoms with Crippen LogP contribution >= 0.6 is 0 Å². The molecule has 4 N–H and O–H groups in total. The number of nitrogens with two attached hydrogens (primary N) is 1. The molecule has 0 saturated heterocycles. The van der Waals surface area contributed by atoms with Crippen molar-refractivity contribution in [1.82, 2.24) is 10.2 Å². The molecule has 0 bridgehead atoms. The topological polar surface area (TPSA) is 78.6 Å². The fourth-order valence-corrected chi connectivity index (χ4v) is 3.21. The van der Waals surface area contributed by atoms with Crippen molar-refractivity contribution in [3.8, 4) is 0 Å². The predicted molar refractivity (Wildman–Crippen MR) is 97.8 cm³/mol. The Morgan fingerprint density at radius 3 is 2.56 bits per heavy atom. The van der Waals surface area contributed by atoms with Crippen molar-refractivity contribution in [2.24, 2.45) is 5.73 Å². The van der Waals surface area contributed by atoms with Crippen LogP contribution in [-0.4, -0.2) is 41.7 Å². The molecular weight excluding hydrogens is 314 g/mol. The number of fused-ring (bicyclic) bond motifs is 1. The van der Waals surface area contributed by atoms with Gasteiger partial charge in [-0.15, -0.1) is 0 Å². The monoisotopic (exact) mass is 339 g/mol. The maximum atomic E-state index is 12.1. The quantitative estimate of drug-likeness (QED) is 0.739. The molecule has 5 nitrogen and oxygen atoms in total. The number of nitrogens with one attached hydrogen (secondary N) is 1. The molecule has 1 aliphatic rings. The number of hydrogen-bond acceptors (Lipinski definition) is 4. The molecule has 132 valence electrons. The molecule has 2 aromatic rings. The van der Waals surface area contributed by atoms with Crippen molar-refractivity contribution >= 4 is 5.91 Å². The van der Waals surface area contributed by atoms with Gasteiger partial charge >= 0.3 is 0 Å². The van der Waals surface area contributed by atoms with E-state index in [-0.39, 0.29) is 12.5 Å². The van der Waals surface area contributed by atoms with Gasteiger partial charge in [0.1, 0.15) is 6.04 Å². The van der Waals surface area contributed by atoms with Crippen molar-refractivity contribution in [2.45, 2.75) is 25.1 Å². The van der Waals surface area contributed by atoms with E-state index >= 15 is 0 Å². The standard InChI is InChI=1S/C20H25N3O2/c21-19(16-7-2-1-3-8-16)20(25)22-12-18(24)14-23-11-10-15-6-4-5-9-17(15)13-23/h1-9,18-19,24H,10-14,21H2,(H,22,25)/t18-,19+/m1/s1. The van der Waals surface area contributed by atoms with Crippen LogP contribution in [0, 0.1) is 0 Å². The molecule has 0 spiro atoms. The molecule has 2 aromatic carbocycles. The maximum Gasteiger partial charge on any atom is 0.241 e. The number of carbonyl (C=O) groups excluding carboxylic acids is 1. The summed E-state index contributed by atoms with van der Waals surface area (Å²) >= 11 is 0. The van der Waals surface area contributed by atoms with Crippen molar-refractivity contribution < 1.29 is 9.90 Å². The fourth-order valence-electron chi connectivity index (χ4n) is 3.21. The van der Waals surface area contributed by atoms with Crippen molar-refractivity contribution in [1.29, 1.82) is 0 Å². The van der Waals surface area contributed by atoms with Gasteiger partial charge in [-0.3, -0.25) is 9.69 Å². The summed E-state index contributed by atoms with van der Waals surface area (Å²) in [6.45, 7) is 2.50. The molecule has 1 aliphatic heterocycles. The van der Waals surface area contributed by atoms with Gasteiger partial charge in [0, 0.05) is 26.2 Å². The zero-order valence-corrected chi connectivity index (χ0v) is 14.3. The predicted octanol–water partition coefficient (Wildman–Crippen LogP) is 1.22. The van der Waals surface area contributed by atoms with E-state index in [1.807, 2.05) is 36.4 Å². The average molecular weight is 339 g/mol. The van der Waals surface area contributed by atoms with Crippen LogP contribution in [0.25, 0.3) is 0 Å². The minimum Gasteiger partial charge on any atom is -0.390 e. The lowest BCUT2D eigenvalue weighted by molar-refractivity contribution is -0.123. The summed E-state index contributed by atoms with van der Waals surface area (Å²) in [6, 6.07) is 16.9. The molecule has 3 rings (SSSR count). The third-order valence-corrected chi connectivity index (χ3v) is 4.63. The van der Waals surface area contributed by atoms with E-state index in [0.29, 0.717) is 6.54 Å². The summed E-state index contributed by atoms with van der Waals surface area (Å²) in [7, 11) is 0. The van der Waals surface area contributed by atoms with Gasteiger partial charge in [0.25, 0.3) is 0 Å². The number of benzene rings is 2. The Kier molecular flexibility index (Phi) is 5.81. The Labute approximate surface area is 148 Å². The molecule has 2 atom stereocenters. The van der Waals surface area contributed by atoms with Crippen LogP contribution in [-0.2, 0) is 17.8 Å². The molecule has 0 aromatic heterocycles. The molecule has 0 radical (unpaired) electrons. The second kappa shape index (κ2) is 8.25. The zero-order valence-electron chi connectivity index (χ0n) is 14.3. The zero-order chi connectivity index (χ0) is 17.6. The Morgan fingerprint density at radius 2 is 1.80 bits per heavy atom. The first-order valence-corrected chi connectivity index (χ1v) is 8.69. The van der Waals surface area contributed by atoms with Gasteiger partial charge in [0.05, 0.1) is 6.10 Å². The number of aliphatic hydroxyl groups excluding tert-OH is 1. The highest BCUT2D eigenvalue weighted by atomic mass is 16.3. The smallest absolute Gasteiger partial charge is 0.241 e. The van der Waals surface area contributed by atoms with Crippen LogP contribution in [0.4, 0.5) is 0 Å². The molecule has 0 fully saturated rings. The first kappa shape index (κ1) is 17.6. The molecule has 0 saturated carbocycles. The van der Waals surface area contributed by atoms with Crippen LogP contribution in [0.15, 0.2) is 54.6 Å². The highest BCUT2D eigenvalue weighted by Gasteiger charge is 2.20. The summed E-state index contributed by atoms with van der Waals surface area (Å²) in [4.78, 5) is 14.4. The first-order valence-electron chi connectivity index (χ1n) is 8.69. The number of amides is 1. The summed E-state index contributed by atoms with van der Waals surface area (Å²) < 4.78 is 0. The molecule has 1 heterocycles. The van der Waals surface area contributed by atoms with Crippen LogP contribution in [0.2, 0.25) is 0 Å². The molecule has 0 unspecified atom stereocenters. The molecule has 1 amide bonds. The maximum absolute atomic E-state index is 12.1. The Balaban J connectivity index is 1.45. The van der Waals surface area contributed by atoms with E-state index < -0.39 is 12.1 Å². The number of rotatable bonds is 6. The van der Waals surface area contributed by atoms with E-state index in [2.05, 4.69) is 28.4 Å². The van der Waals surface area contributed by atoms with Gasteiger partial charge in [0.2, 0.25) is 5.91 Å². The second-order valence-electron chi connectivity index (χ2n) is 6.54. The molecule has 0 aliphatic carbocycles. The van der Waals surface area contributed by atoms with Gasteiger partial charge in [0.15, 0.2) is 0 Å². The summed E-state index contributed by atoms with van der Waals surface area (Å²) in [5, 5.41) is 13.0. The van der Waals surface area contributed by atoms with Gasteiger partial charge in [-0.25, -0.2) is 0 Å². The van der Waals surface area contributed by atoms with E-state index in [1.54, 1.807) is 0 Å². The summed E-state index contributed by atoms with van der Waals surface area (Å²) in [5.41, 5.74) is 9.42. The Bertz CT molecular complexity index is 705. The third kappa shape index (κ3) is 4.66. The summed E-state index contributed by atoms with van der Waals surface area (Å²) in [5.74, 6) is -0.269. The van der Waals surface area contributed by atoms with E-state index in [4.69, 9.17) is 5.73 Å². The van der Waals surface area contributed by atoms with Crippen LogP contribution in [0.3, 0.4) is 0 Å². The van der Waals surface area contributed by atoms with E-state index in [1.165, 1.54) is 11.1 Å². The van der Waals surface area contributed by atoms with Gasteiger partial charge in [-0.05, 0) is 23.1 Å². The Hall–Kier alpha value is -2.21. The largest absolute Gasteiger partial charge is 0.390 e. The Morgan fingerprint density at radius 1 is 1.12 bits per heavy atom. The van der Waals surface area contributed by atoms with Crippen molar-refractivity contribution in [3.63, 3.8) is 0 Å². The molecule has 25 heavy (non-hydrogen) atoms. The first-order chi connectivity index (χ1) is 12.1. The van der Waals surface area contributed by atoms with E-state index in [0.717, 1.165) is 25.1 Å². The molecule has 5 heteroatoms. The summed E-state index contributed by atoms with van der Waals surface area (Å²) in [6.07, 6.45) is 0.380. The number of hydrogen-bond donors (Lipinski definition) is 3. The number of β-amino-alcohol motifs (C(OH)–C–C–N with tert-alkyl or cyclic N) is 1. The van der Waals surface area contributed by atoms with Crippen molar-refractivity contribution in [3.05, 3.63) is 71.3 Å². The lowest BCUT2D eigenvalue weighted by atomic mass is 10.00. The number of aliphatic hydroxyl groups is 1. The van der Waals surface area contributed by atoms with Crippen LogP contribution in [0.5, 0.6) is 0 Å². The van der Waals surface area contributed by atoms with Gasteiger partial charge in [-0.2, -0.15) is 0 Å². The minimum absolute atomic E-state index is 0.206. The molecular formula is C20H25N3O2. The lowest BCUT2D eigenvalue weighted by Crippen LogP contribution is -2.44. The SMILES string of the molecule is N[C@H](C(=O)NC[C@@H](O)CN1CCc2ccccc2C1)c1ccccc1. The minimum atomic E-state index is -0.713. The highest BCUT2D eigenvalue weighted by molar-refractivity contribution is 5.82. The average Bonchev–Trinajstić information content (AvgIpc) is 2.66. The lowest BCUT2D eigenvalue weighted by Gasteiger charge is -2.30. The van der Waals surface area contributed by atoms with Crippen molar-refractivity contribution in [2.75, 3.05) is 19.6 Å². The van der Waals surface area contributed by atoms with Gasteiger partial charge < -0.3 is 16.2 Å². The number of carbonyl (C=O) groups is 1. The fraction of sp³-hybridized carbons (Fsp3) is 0.350. The third-order valence-electron chi connectivity index (χ3n) is 4.63. The van der Waals surface area contributed by atoms with E-state index in [9.17, 15) is 9.90 Å². The highest BCUT2D eigenvalue weighted by Crippen LogP contribution is 2.18. The normalized spacial score (nSPS) is 16.7. The van der Waals surface area contributed by atoms with Crippen LogP contribution < -0.4 is 11.1 Å². The van der Waals surface area contributed by atoms with Gasteiger partial charge in [-0.1, -0.05) is 54.6 Å². The second-order valence-corrected chi connectivity index (χ2v) is 6.54.